The monoisotopic (exact) mass is 426 g/mol. The predicted molar refractivity (Wildman–Crippen MR) is 117 cm³/mol. The molecule has 158 valence electrons. The highest BCUT2D eigenvalue weighted by molar-refractivity contribution is 7.99. The van der Waals surface area contributed by atoms with Crippen molar-refractivity contribution in [2.75, 3.05) is 12.4 Å². The van der Waals surface area contributed by atoms with Crippen LogP contribution in [0.25, 0.3) is 17.0 Å². The molecule has 0 aliphatic heterocycles. The molecule has 0 bridgehead atoms. The Hall–Kier alpha value is -2.61. The molecule has 1 aliphatic rings. The van der Waals surface area contributed by atoms with Crippen molar-refractivity contribution in [2.45, 2.75) is 57.7 Å². The summed E-state index contributed by atoms with van der Waals surface area (Å²) in [7, 11) is 0. The first kappa shape index (κ1) is 20.7. The van der Waals surface area contributed by atoms with Gasteiger partial charge in [0, 0.05) is 17.5 Å². The van der Waals surface area contributed by atoms with Gasteiger partial charge in [-0.25, -0.2) is 14.1 Å². The average molecular weight is 427 g/mol. The van der Waals surface area contributed by atoms with E-state index >= 15 is 0 Å². The molecule has 7 nitrogen and oxygen atoms in total. The zero-order valence-corrected chi connectivity index (χ0v) is 18.6. The van der Waals surface area contributed by atoms with E-state index in [2.05, 4.69) is 25.0 Å². The zero-order chi connectivity index (χ0) is 21.5. The summed E-state index contributed by atoms with van der Waals surface area (Å²) in [5, 5.41) is 5.04. The topological polar surface area (TPSA) is 78.5 Å². The molecule has 2 heterocycles. The number of rotatable bonds is 6. The minimum absolute atomic E-state index is 0.0973. The lowest BCUT2D eigenvalue weighted by atomic mass is 9.69. The molecule has 0 fully saturated rings. The predicted octanol–water partition coefficient (Wildman–Crippen LogP) is 3.46. The molecule has 0 saturated heterocycles. The third-order valence-electron chi connectivity index (χ3n) is 5.85. The van der Waals surface area contributed by atoms with Crippen LogP contribution >= 0.6 is 11.8 Å². The van der Waals surface area contributed by atoms with Gasteiger partial charge in [0.1, 0.15) is 0 Å². The highest BCUT2D eigenvalue weighted by Crippen LogP contribution is 2.42. The van der Waals surface area contributed by atoms with E-state index < -0.39 is 0 Å². The van der Waals surface area contributed by atoms with E-state index in [9.17, 15) is 9.59 Å². The SMILES string of the molecule is CCOC(=O)CSc1nn(CC)c2nc3c(c(=O)n12)C(C)(CC)Cc1ccccc1-3. The molecular formula is C22H26N4O3S. The second kappa shape index (κ2) is 7.91. The molecule has 2 aromatic heterocycles. The largest absolute Gasteiger partial charge is 0.465 e. The molecule has 1 unspecified atom stereocenters. The summed E-state index contributed by atoms with van der Waals surface area (Å²) in [5.74, 6) is 0.275. The summed E-state index contributed by atoms with van der Waals surface area (Å²) in [6.45, 7) is 8.87. The number of hydrogen-bond acceptors (Lipinski definition) is 6. The maximum atomic E-state index is 13.8. The first-order valence-electron chi connectivity index (χ1n) is 10.3. The number of benzene rings is 1. The van der Waals surface area contributed by atoms with Gasteiger partial charge in [-0.15, -0.1) is 5.10 Å². The summed E-state index contributed by atoms with van der Waals surface area (Å²) in [6.07, 6.45) is 1.62. The molecule has 0 N–H and O–H groups in total. The van der Waals surface area contributed by atoms with Crippen LogP contribution in [0.3, 0.4) is 0 Å². The van der Waals surface area contributed by atoms with Crippen LogP contribution in [0.4, 0.5) is 0 Å². The van der Waals surface area contributed by atoms with Crippen LogP contribution in [-0.4, -0.2) is 37.5 Å². The van der Waals surface area contributed by atoms with Crippen molar-refractivity contribution in [3.05, 3.63) is 45.7 Å². The van der Waals surface area contributed by atoms with Gasteiger partial charge in [-0.3, -0.25) is 9.59 Å². The molecule has 0 spiro atoms. The van der Waals surface area contributed by atoms with Gasteiger partial charge in [0.15, 0.2) is 5.16 Å². The van der Waals surface area contributed by atoms with Gasteiger partial charge in [-0.1, -0.05) is 49.9 Å². The molecule has 1 aliphatic carbocycles. The minimum atomic E-state index is -0.326. The van der Waals surface area contributed by atoms with Gasteiger partial charge >= 0.3 is 5.97 Å². The van der Waals surface area contributed by atoms with Crippen molar-refractivity contribution in [2.24, 2.45) is 0 Å². The number of carbonyl (C=O) groups excluding carboxylic acids is 1. The summed E-state index contributed by atoms with van der Waals surface area (Å²) in [5.41, 5.74) is 3.30. The number of ether oxygens (including phenoxy) is 1. The van der Waals surface area contributed by atoms with Crippen LogP contribution < -0.4 is 5.56 Å². The van der Waals surface area contributed by atoms with Crippen molar-refractivity contribution in [3.8, 4) is 11.3 Å². The number of aromatic nitrogens is 4. The first-order chi connectivity index (χ1) is 14.4. The van der Waals surface area contributed by atoms with E-state index in [1.807, 2.05) is 25.1 Å². The fourth-order valence-corrected chi connectivity index (χ4v) is 4.91. The lowest BCUT2D eigenvalue weighted by Crippen LogP contribution is -2.38. The Morgan fingerprint density at radius 1 is 1.27 bits per heavy atom. The standard InChI is InChI=1S/C22H26N4O3S/c1-5-22(4)12-14-10-8-9-11-15(14)18-17(22)19(28)26-20(23-18)25(6-2)24-21(26)30-13-16(27)29-7-3/h8-11H,5-7,12-13H2,1-4H3. The third-order valence-corrected chi connectivity index (χ3v) is 6.76. The lowest BCUT2D eigenvalue weighted by Gasteiger charge is -2.35. The quantitative estimate of drug-likeness (QED) is 0.444. The van der Waals surface area contributed by atoms with Crippen molar-refractivity contribution >= 4 is 23.5 Å². The van der Waals surface area contributed by atoms with Gasteiger partial charge in [-0.2, -0.15) is 0 Å². The summed E-state index contributed by atoms with van der Waals surface area (Å²) >= 11 is 1.21. The van der Waals surface area contributed by atoms with Gasteiger partial charge < -0.3 is 4.74 Å². The van der Waals surface area contributed by atoms with E-state index in [0.29, 0.717) is 24.1 Å². The summed E-state index contributed by atoms with van der Waals surface area (Å²) in [6, 6.07) is 8.17. The Bertz CT molecular complexity index is 1180. The van der Waals surface area contributed by atoms with Crippen molar-refractivity contribution in [1.82, 2.24) is 19.2 Å². The third kappa shape index (κ3) is 3.23. The van der Waals surface area contributed by atoms with Crippen LogP contribution in [0.5, 0.6) is 0 Å². The molecule has 4 rings (SSSR count). The zero-order valence-electron chi connectivity index (χ0n) is 17.8. The van der Waals surface area contributed by atoms with E-state index in [-0.39, 0.29) is 22.7 Å². The second-order valence-electron chi connectivity index (χ2n) is 7.72. The molecule has 8 heteroatoms. The number of nitrogens with zero attached hydrogens (tertiary/aromatic N) is 4. The van der Waals surface area contributed by atoms with E-state index in [1.165, 1.54) is 17.3 Å². The van der Waals surface area contributed by atoms with Crippen molar-refractivity contribution in [3.63, 3.8) is 0 Å². The summed E-state index contributed by atoms with van der Waals surface area (Å²) < 4.78 is 8.30. The fourth-order valence-electron chi connectivity index (χ4n) is 4.13. The molecule has 0 radical (unpaired) electrons. The minimum Gasteiger partial charge on any atom is -0.465 e. The number of fused-ring (bicyclic) bond motifs is 4. The van der Waals surface area contributed by atoms with E-state index in [4.69, 9.17) is 9.72 Å². The van der Waals surface area contributed by atoms with Gasteiger partial charge in [0.2, 0.25) is 5.78 Å². The highest BCUT2D eigenvalue weighted by Gasteiger charge is 2.38. The van der Waals surface area contributed by atoms with E-state index in [1.54, 1.807) is 16.0 Å². The van der Waals surface area contributed by atoms with Gasteiger partial charge in [-0.05, 0) is 32.3 Å². The maximum Gasteiger partial charge on any atom is 0.316 e. The van der Waals surface area contributed by atoms with Crippen LogP contribution in [-0.2, 0) is 27.9 Å². The number of esters is 1. The molecule has 1 aromatic carbocycles. The number of hydrogen-bond donors (Lipinski definition) is 0. The van der Waals surface area contributed by atoms with Gasteiger partial charge in [0.25, 0.3) is 5.56 Å². The lowest BCUT2D eigenvalue weighted by molar-refractivity contribution is -0.139. The Labute approximate surface area is 179 Å². The number of carbonyl (C=O) groups is 1. The Kier molecular flexibility index (Phi) is 5.44. The highest BCUT2D eigenvalue weighted by atomic mass is 32.2. The molecule has 1 atom stereocenters. The van der Waals surface area contributed by atoms with Crippen molar-refractivity contribution in [1.29, 1.82) is 0 Å². The molecule has 30 heavy (non-hydrogen) atoms. The van der Waals surface area contributed by atoms with Crippen molar-refractivity contribution < 1.29 is 9.53 Å². The second-order valence-corrected chi connectivity index (χ2v) is 8.66. The fraction of sp³-hybridized carbons (Fsp3) is 0.455. The Morgan fingerprint density at radius 2 is 2.03 bits per heavy atom. The van der Waals surface area contributed by atoms with Crippen LogP contribution in [0, 0.1) is 0 Å². The van der Waals surface area contributed by atoms with Gasteiger partial charge in [0.05, 0.1) is 23.6 Å². The number of thioether (sulfide) groups is 1. The molecule has 3 aromatic rings. The normalized spacial score (nSPS) is 17.6. The molecule has 0 saturated carbocycles. The Balaban J connectivity index is 1.96. The number of aryl methyl sites for hydroxylation is 1. The first-order valence-corrected chi connectivity index (χ1v) is 11.3. The van der Waals surface area contributed by atoms with Crippen LogP contribution in [0.1, 0.15) is 45.2 Å². The Morgan fingerprint density at radius 3 is 2.73 bits per heavy atom. The smallest absolute Gasteiger partial charge is 0.316 e. The average Bonchev–Trinajstić information content (AvgIpc) is 3.10. The van der Waals surface area contributed by atoms with E-state index in [0.717, 1.165) is 29.7 Å². The maximum absolute atomic E-state index is 13.8. The summed E-state index contributed by atoms with van der Waals surface area (Å²) in [4.78, 5) is 30.6. The van der Waals surface area contributed by atoms with Crippen LogP contribution in [0.15, 0.2) is 34.2 Å². The molecular weight excluding hydrogens is 400 g/mol. The molecule has 0 amide bonds. The van der Waals surface area contributed by atoms with Crippen LogP contribution in [0.2, 0.25) is 0 Å².